The van der Waals surface area contributed by atoms with Crippen molar-refractivity contribution in [2.24, 2.45) is 38.9 Å². The molecule has 5 aliphatic carbocycles. The number of allylic oxidation sites excluding steroid dienone is 3. The second kappa shape index (κ2) is 7.89. The van der Waals surface area contributed by atoms with Gasteiger partial charge < -0.3 is 30.6 Å². The van der Waals surface area contributed by atoms with Crippen LogP contribution in [-0.4, -0.2) is 67.6 Å². The van der Waals surface area contributed by atoms with Crippen molar-refractivity contribution in [1.29, 1.82) is 0 Å². The molecule has 0 aromatic rings. The van der Waals surface area contributed by atoms with E-state index < -0.39 is 53.2 Å². The third kappa shape index (κ3) is 2.69. The number of aliphatic carboxylic acids is 1. The lowest BCUT2D eigenvalue weighted by molar-refractivity contribution is -0.339. The fourth-order valence-electron chi connectivity index (χ4n) is 10.2. The van der Waals surface area contributed by atoms with Crippen LogP contribution in [0.15, 0.2) is 23.8 Å². The van der Waals surface area contributed by atoms with Gasteiger partial charge in [0.2, 0.25) is 0 Å². The molecule has 0 aromatic carbocycles. The van der Waals surface area contributed by atoms with Crippen molar-refractivity contribution >= 4 is 5.97 Å². The topological polar surface area (TPSA) is 138 Å². The van der Waals surface area contributed by atoms with Gasteiger partial charge in [-0.1, -0.05) is 44.6 Å². The molecule has 36 heavy (non-hydrogen) atoms. The van der Waals surface area contributed by atoms with E-state index in [0.29, 0.717) is 32.1 Å². The minimum absolute atomic E-state index is 0.0234. The molecule has 7 heteroatoms. The SMILES string of the molecule is C=C1CCC2(C(=O)O)CCC3(C)C(=CCC4C3(C)CCC3(O)C(CO)(CO)C(O)CC(O)C43C)C2C1. The highest BCUT2D eigenvalue weighted by Crippen LogP contribution is 2.76. The second-order valence-electron chi connectivity index (χ2n) is 13.5. The molecule has 0 aromatic heterocycles. The molecule has 0 bridgehead atoms. The van der Waals surface area contributed by atoms with Gasteiger partial charge in [0.15, 0.2) is 0 Å². The van der Waals surface area contributed by atoms with Crippen LogP contribution in [0.25, 0.3) is 0 Å². The summed E-state index contributed by atoms with van der Waals surface area (Å²) in [6, 6.07) is 0. The van der Waals surface area contributed by atoms with Crippen molar-refractivity contribution < 1.29 is 35.4 Å². The monoisotopic (exact) mass is 504 g/mol. The first-order valence-corrected chi connectivity index (χ1v) is 13.6. The number of fused-ring (bicyclic) bond motifs is 7. The van der Waals surface area contributed by atoms with Crippen LogP contribution in [0, 0.1) is 38.9 Å². The predicted molar refractivity (Wildman–Crippen MR) is 134 cm³/mol. The number of hydrogen-bond acceptors (Lipinski definition) is 6. The van der Waals surface area contributed by atoms with Gasteiger partial charge in [-0.2, -0.15) is 0 Å². The van der Waals surface area contributed by atoms with Crippen molar-refractivity contribution in [2.75, 3.05) is 13.2 Å². The molecule has 4 fully saturated rings. The maximum atomic E-state index is 12.7. The van der Waals surface area contributed by atoms with E-state index in [0.717, 1.165) is 18.4 Å². The van der Waals surface area contributed by atoms with Crippen LogP contribution in [0.4, 0.5) is 0 Å². The number of carbonyl (C=O) groups is 1. The van der Waals surface area contributed by atoms with E-state index in [1.54, 1.807) is 0 Å². The average molecular weight is 505 g/mol. The second-order valence-corrected chi connectivity index (χ2v) is 13.5. The predicted octanol–water partition coefficient (Wildman–Crippen LogP) is 2.79. The zero-order chi connectivity index (χ0) is 26.5. The molecule has 0 radical (unpaired) electrons. The molecule has 5 rings (SSSR count). The first kappa shape index (κ1) is 26.4. The molecule has 6 N–H and O–H groups in total. The van der Waals surface area contributed by atoms with Crippen molar-refractivity contribution in [2.45, 2.75) is 96.4 Å². The summed E-state index contributed by atoms with van der Waals surface area (Å²) in [7, 11) is 0. The fraction of sp³-hybridized carbons (Fsp3) is 0.828. The van der Waals surface area contributed by atoms with Gasteiger partial charge in [-0.25, -0.2) is 0 Å². The van der Waals surface area contributed by atoms with E-state index in [9.17, 15) is 35.4 Å². The highest BCUT2D eigenvalue weighted by atomic mass is 16.4. The molecule has 9 unspecified atom stereocenters. The van der Waals surface area contributed by atoms with Crippen molar-refractivity contribution in [3.05, 3.63) is 23.8 Å². The number of aliphatic hydroxyl groups is 5. The third-order valence-electron chi connectivity index (χ3n) is 13.0. The maximum absolute atomic E-state index is 12.7. The lowest BCUT2D eigenvalue weighted by Gasteiger charge is -2.74. The highest BCUT2D eigenvalue weighted by Gasteiger charge is 2.77. The lowest BCUT2D eigenvalue weighted by atomic mass is 9.32. The first-order chi connectivity index (χ1) is 16.7. The lowest BCUT2D eigenvalue weighted by Crippen LogP contribution is -2.79. The Bertz CT molecular complexity index is 1000. The van der Waals surface area contributed by atoms with Gasteiger partial charge in [-0.3, -0.25) is 4.79 Å². The molecule has 4 saturated carbocycles. The van der Waals surface area contributed by atoms with Crippen molar-refractivity contribution in [3.8, 4) is 0 Å². The number of hydrogen-bond donors (Lipinski definition) is 6. The zero-order valence-electron chi connectivity index (χ0n) is 22.0. The van der Waals surface area contributed by atoms with E-state index in [4.69, 9.17) is 0 Å². The van der Waals surface area contributed by atoms with Gasteiger partial charge in [0.25, 0.3) is 0 Å². The minimum Gasteiger partial charge on any atom is -0.481 e. The van der Waals surface area contributed by atoms with Crippen LogP contribution in [0.5, 0.6) is 0 Å². The summed E-state index contributed by atoms with van der Waals surface area (Å²) in [5, 5.41) is 66.0. The van der Waals surface area contributed by atoms with Gasteiger partial charge in [0.1, 0.15) is 0 Å². The Hall–Kier alpha value is -1.25. The van der Waals surface area contributed by atoms with Gasteiger partial charge >= 0.3 is 5.97 Å². The van der Waals surface area contributed by atoms with Crippen LogP contribution in [0.1, 0.15) is 78.6 Å². The van der Waals surface area contributed by atoms with Crippen LogP contribution in [0.2, 0.25) is 0 Å². The Morgan fingerprint density at radius 1 is 1.03 bits per heavy atom. The molecule has 0 saturated heterocycles. The summed E-state index contributed by atoms with van der Waals surface area (Å²) in [6.07, 6.45) is 4.68. The summed E-state index contributed by atoms with van der Waals surface area (Å²) in [5.74, 6) is -0.998. The average Bonchev–Trinajstić information content (AvgIpc) is 2.82. The Kier molecular flexibility index (Phi) is 5.77. The molecule has 202 valence electrons. The normalized spacial score (nSPS) is 51.8. The van der Waals surface area contributed by atoms with E-state index in [2.05, 4.69) is 26.5 Å². The Labute approximate surface area is 213 Å². The van der Waals surface area contributed by atoms with E-state index in [1.807, 2.05) is 6.92 Å². The molecule has 0 spiro atoms. The number of aliphatic hydroxyl groups excluding tert-OH is 4. The van der Waals surface area contributed by atoms with Crippen molar-refractivity contribution in [3.63, 3.8) is 0 Å². The maximum Gasteiger partial charge on any atom is 0.310 e. The number of carboxylic acids is 1. The number of carboxylic acid groups (broad SMARTS) is 1. The summed E-state index contributed by atoms with van der Waals surface area (Å²) < 4.78 is 0. The molecule has 7 nitrogen and oxygen atoms in total. The molecule has 0 aliphatic heterocycles. The smallest absolute Gasteiger partial charge is 0.310 e. The van der Waals surface area contributed by atoms with Gasteiger partial charge in [0, 0.05) is 17.8 Å². The van der Waals surface area contributed by atoms with Crippen LogP contribution in [-0.2, 0) is 4.79 Å². The number of rotatable bonds is 3. The molecule has 9 atom stereocenters. The summed E-state index contributed by atoms with van der Waals surface area (Å²) >= 11 is 0. The first-order valence-electron chi connectivity index (χ1n) is 13.6. The standard InChI is InChI=1S/C29H44O7/c1-17-7-8-27(23(34)35)11-9-24(2)18(19(27)13-17)5-6-20-25(24,3)10-12-29(36)26(20,4)21(32)14-22(33)28(29,15-30)16-31/h5,19-22,30-33,36H,1,6-16H2,2-4H3,(H,34,35). The summed E-state index contributed by atoms with van der Waals surface area (Å²) in [4.78, 5) is 12.7. The van der Waals surface area contributed by atoms with E-state index >= 15 is 0 Å². The molecular weight excluding hydrogens is 460 g/mol. The Balaban J connectivity index is 1.66. The molecule has 5 aliphatic rings. The third-order valence-corrected chi connectivity index (χ3v) is 13.0. The molecular formula is C29H44O7. The Morgan fingerprint density at radius 3 is 2.31 bits per heavy atom. The van der Waals surface area contributed by atoms with E-state index in [1.165, 1.54) is 5.57 Å². The zero-order valence-corrected chi connectivity index (χ0v) is 22.0. The van der Waals surface area contributed by atoms with Gasteiger partial charge in [-0.15, -0.1) is 0 Å². The van der Waals surface area contributed by atoms with Gasteiger partial charge in [-0.05, 0) is 68.1 Å². The van der Waals surface area contributed by atoms with Crippen molar-refractivity contribution in [1.82, 2.24) is 0 Å². The van der Waals surface area contributed by atoms with Crippen LogP contribution in [0.3, 0.4) is 0 Å². The largest absolute Gasteiger partial charge is 0.481 e. The summed E-state index contributed by atoms with van der Waals surface area (Å²) in [6.45, 7) is 9.44. The van der Waals surface area contributed by atoms with Crippen LogP contribution < -0.4 is 0 Å². The molecule has 0 heterocycles. The summed E-state index contributed by atoms with van der Waals surface area (Å²) in [5.41, 5.74) is -3.40. The molecule has 0 amide bonds. The van der Waals surface area contributed by atoms with E-state index in [-0.39, 0.29) is 35.5 Å². The Morgan fingerprint density at radius 2 is 1.69 bits per heavy atom. The minimum atomic E-state index is -1.66. The van der Waals surface area contributed by atoms with Crippen LogP contribution >= 0.6 is 0 Å². The quantitative estimate of drug-likeness (QED) is 0.325. The highest BCUT2D eigenvalue weighted by molar-refractivity contribution is 5.77. The van der Waals surface area contributed by atoms with Gasteiger partial charge in [0.05, 0.1) is 41.9 Å². The fourth-order valence-corrected chi connectivity index (χ4v) is 10.2.